The number of carbonyl (C=O) groups is 1. The molecule has 0 aromatic heterocycles. The van der Waals surface area contributed by atoms with Gasteiger partial charge in [-0.05, 0) is 49.2 Å². The molecule has 0 saturated carbocycles. The smallest absolute Gasteiger partial charge is 0.259 e. The van der Waals surface area contributed by atoms with Crippen molar-refractivity contribution in [3.8, 4) is 5.75 Å². The van der Waals surface area contributed by atoms with E-state index in [2.05, 4.69) is 31.8 Å². The molecule has 0 aliphatic carbocycles. The van der Waals surface area contributed by atoms with Gasteiger partial charge in [0.1, 0.15) is 5.75 Å². The van der Waals surface area contributed by atoms with Gasteiger partial charge < -0.3 is 10.4 Å². The Labute approximate surface area is 143 Å². The summed E-state index contributed by atoms with van der Waals surface area (Å²) in [4.78, 5) is 11.8. The summed E-state index contributed by atoms with van der Waals surface area (Å²) in [6.45, 7) is 3.90. The number of nitrogens with one attached hydrogen (secondary N) is 2. The molecular formula is C17H18BrN3O2. The van der Waals surface area contributed by atoms with Crippen LogP contribution in [0.15, 0.2) is 46.0 Å². The van der Waals surface area contributed by atoms with Crippen molar-refractivity contribution in [3.63, 3.8) is 0 Å². The predicted molar refractivity (Wildman–Crippen MR) is 95.9 cm³/mol. The lowest BCUT2D eigenvalue weighted by Crippen LogP contribution is -2.25. The van der Waals surface area contributed by atoms with E-state index in [9.17, 15) is 9.90 Å². The molecule has 120 valence electrons. The number of aryl methyl sites for hydroxylation is 2. The number of hydrogen-bond donors (Lipinski definition) is 3. The summed E-state index contributed by atoms with van der Waals surface area (Å²) in [5, 5.41) is 16.8. The number of rotatable bonds is 5. The van der Waals surface area contributed by atoms with Gasteiger partial charge in [0.05, 0.1) is 12.8 Å². The van der Waals surface area contributed by atoms with Crippen LogP contribution in [-0.4, -0.2) is 23.8 Å². The Kier molecular flexibility index (Phi) is 5.76. The van der Waals surface area contributed by atoms with Gasteiger partial charge >= 0.3 is 0 Å². The second-order valence-electron chi connectivity index (χ2n) is 5.18. The number of carbonyl (C=O) groups excluding carboxylic acids is 1. The van der Waals surface area contributed by atoms with Crippen LogP contribution in [0.1, 0.15) is 16.7 Å². The molecule has 0 fully saturated rings. The lowest BCUT2D eigenvalue weighted by atomic mass is 10.1. The maximum absolute atomic E-state index is 11.8. The first-order valence-corrected chi connectivity index (χ1v) is 7.86. The fourth-order valence-corrected chi connectivity index (χ4v) is 2.60. The SMILES string of the molecule is Cc1cccc(NCC(=O)NN=Cc2cc(Br)cc(C)c2O)c1. The van der Waals surface area contributed by atoms with Gasteiger partial charge in [-0.1, -0.05) is 28.1 Å². The minimum absolute atomic E-state index is 0.115. The van der Waals surface area contributed by atoms with Crippen molar-refractivity contribution in [2.24, 2.45) is 5.10 Å². The molecular weight excluding hydrogens is 358 g/mol. The minimum Gasteiger partial charge on any atom is -0.507 e. The summed E-state index contributed by atoms with van der Waals surface area (Å²) in [7, 11) is 0. The number of aromatic hydroxyl groups is 1. The highest BCUT2D eigenvalue weighted by atomic mass is 79.9. The van der Waals surface area contributed by atoms with Crippen molar-refractivity contribution in [2.45, 2.75) is 13.8 Å². The maximum atomic E-state index is 11.8. The fraction of sp³-hybridized carbons (Fsp3) is 0.176. The molecule has 0 bridgehead atoms. The Morgan fingerprint density at radius 3 is 2.83 bits per heavy atom. The molecule has 2 aromatic carbocycles. The largest absolute Gasteiger partial charge is 0.507 e. The van der Waals surface area contributed by atoms with Gasteiger partial charge in [-0.2, -0.15) is 5.10 Å². The number of amides is 1. The van der Waals surface area contributed by atoms with E-state index in [1.807, 2.05) is 31.2 Å². The molecule has 0 aliphatic rings. The molecule has 1 amide bonds. The van der Waals surface area contributed by atoms with Crippen molar-refractivity contribution >= 4 is 33.7 Å². The molecule has 2 aromatic rings. The number of nitrogens with zero attached hydrogens (tertiary/aromatic N) is 1. The van der Waals surface area contributed by atoms with E-state index in [-0.39, 0.29) is 18.2 Å². The third-order valence-corrected chi connectivity index (χ3v) is 3.62. The van der Waals surface area contributed by atoms with Crippen molar-refractivity contribution in [1.82, 2.24) is 5.43 Å². The monoisotopic (exact) mass is 375 g/mol. The number of anilines is 1. The van der Waals surface area contributed by atoms with Gasteiger partial charge in [-0.15, -0.1) is 0 Å². The number of halogens is 1. The molecule has 0 spiro atoms. The number of hydrazone groups is 1. The van der Waals surface area contributed by atoms with E-state index < -0.39 is 0 Å². The molecule has 0 heterocycles. The lowest BCUT2D eigenvalue weighted by Gasteiger charge is -2.06. The van der Waals surface area contributed by atoms with E-state index in [1.165, 1.54) is 6.21 Å². The van der Waals surface area contributed by atoms with Gasteiger partial charge in [-0.3, -0.25) is 4.79 Å². The van der Waals surface area contributed by atoms with Gasteiger partial charge in [0.2, 0.25) is 0 Å². The molecule has 0 radical (unpaired) electrons. The van der Waals surface area contributed by atoms with E-state index in [0.29, 0.717) is 5.56 Å². The van der Waals surface area contributed by atoms with E-state index in [4.69, 9.17) is 0 Å². The van der Waals surface area contributed by atoms with Crippen LogP contribution in [-0.2, 0) is 4.79 Å². The van der Waals surface area contributed by atoms with Crippen LogP contribution in [0.4, 0.5) is 5.69 Å². The van der Waals surface area contributed by atoms with Crippen LogP contribution in [0.3, 0.4) is 0 Å². The van der Waals surface area contributed by atoms with Crippen LogP contribution in [0.25, 0.3) is 0 Å². The summed E-state index contributed by atoms with van der Waals surface area (Å²) in [6, 6.07) is 11.3. The zero-order valence-electron chi connectivity index (χ0n) is 12.9. The normalized spacial score (nSPS) is 10.7. The molecule has 0 aliphatic heterocycles. The Balaban J connectivity index is 1.89. The molecule has 0 unspecified atom stereocenters. The number of phenolic OH excluding ortho intramolecular Hbond substituents is 1. The van der Waals surface area contributed by atoms with Crippen molar-refractivity contribution in [1.29, 1.82) is 0 Å². The van der Waals surface area contributed by atoms with Crippen LogP contribution in [0, 0.1) is 13.8 Å². The lowest BCUT2D eigenvalue weighted by molar-refractivity contribution is -0.119. The molecule has 0 atom stereocenters. The quantitative estimate of drug-likeness (QED) is 0.554. The molecule has 0 saturated heterocycles. The molecule has 3 N–H and O–H groups in total. The first kappa shape index (κ1) is 17.0. The maximum Gasteiger partial charge on any atom is 0.259 e. The Morgan fingerprint density at radius 1 is 1.30 bits per heavy atom. The van der Waals surface area contributed by atoms with Gasteiger partial charge in [0.25, 0.3) is 5.91 Å². The van der Waals surface area contributed by atoms with Crippen LogP contribution >= 0.6 is 15.9 Å². The number of phenols is 1. The van der Waals surface area contributed by atoms with Crippen molar-refractivity contribution in [2.75, 3.05) is 11.9 Å². The van der Waals surface area contributed by atoms with Crippen LogP contribution < -0.4 is 10.7 Å². The first-order chi connectivity index (χ1) is 11.0. The minimum atomic E-state index is -0.269. The molecule has 23 heavy (non-hydrogen) atoms. The second-order valence-corrected chi connectivity index (χ2v) is 6.09. The Bertz CT molecular complexity index is 745. The topological polar surface area (TPSA) is 73.7 Å². The number of benzene rings is 2. The van der Waals surface area contributed by atoms with Gasteiger partial charge in [0.15, 0.2) is 0 Å². The molecule has 6 heteroatoms. The zero-order chi connectivity index (χ0) is 16.8. The first-order valence-electron chi connectivity index (χ1n) is 7.07. The number of hydrogen-bond acceptors (Lipinski definition) is 4. The predicted octanol–water partition coefficient (Wildman–Crippen LogP) is 3.33. The van der Waals surface area contributed by atoms with E-state index in [1.54, 1.807) is 19.1 Å². The van der Waals surface area contributed by atoms with Crippen molar-refractivity contribution in [3.05, 3.63) is 57.6 Å². The van der Waals surface area contributed by atoms with Crippen molar-refractivity contribution < 1.29 is 9.90 Å². The summed E-state index contributed by atoms with van der Waals surface area (Å²) < 4.78 is 0.835. The van der Waals surface area contributed by atoms with E-state index in [0.717, 1.165) is 21.3 Å². The average molecular weight is 376 g/mol. The Morgan fingerprint density at radius 2 is 2.09 bits per heavy atom. The third kappa shape index (κ3) is 5.10. The van der Waals surface area contributed by atoms with Crippen LogP contribution in [0.2, 0.25) is 0 Å². The highest BCUT2D eigenvalue weighted by Crippen LogP contribution is 2.25. The van der Waals surface area contributed by atoms with Gasteiger partial charge in [0, 0.05) is 15.7 Å². The van der Waals surface area contributed by atoms with Gasteiger partial charge in [-0.25, -0.2) is 5.43 Å². The summed E-state index contributed by atoms with van der Waals surface area (Å²) >= 11 is 3.35. The van der Waals surface area contributed by atoms with Crippen LogP contribution in [0.5, 0.6) is 5.75 Å². The fourth-order valence-electron chi connectivity index (χ4n) is 2.01. The van der Waals surface area contributed by atoms with E-state index >= 15 is 0 Å². The zero-order valence-corrected chi connectivity index (χ0v) is 14.5. The summed E-state index contributed by atoms with van der Waals surface area (Å²) in [6.07, 6.45) is 1.41. The third-order valence-electron chi connectivity index (χ3n) is 3.16. The standard InChI is InChI=1S/C17H18BrN3O2/c1-11-4-3-5-15(6-11)19-10-16(22)21-20-9-13-8-14(18)7-12(2)17(13)23/h3-9,19,23H,10H2,1-2H3,(H,21,22). The highest BCUT2D eigenvalue weighted by Gasteiger charge is 2.04. The molecule has 5 nitrogen and oxygen atoms in total. The highest BCUT2D eigenvalue weighted by molar-refractivity contribution is 9.10. The second kappa shape index (κ2) is 7.78. The summed E-state index contributed by atoms with van der Waals surface area (Å²) in [5.41, 5.74) is 5.68. The summed E-state index contributed by atoms with van der Waals surface area (Å²) in [5.74, 6) is -0.127. The Hall–Kier alpha value is -2.34. The molecule has 2 rings (SSSR count). The average Bonchev–Trinajstić information content (AvgIpc) is 2.50.